The lowest BCUT2D eigenvalue weighted by molar-refractivity contribution is -0.130. The summed E-state index contributed by atoms with van der Waals surface area (Å²) >= 11 is 0. The highest BCUT2D eigenvalue weighted by Crippen LogP contribution is 2.23. The zero-order chi connectivity index (χ0) is 15.3. The lowest BCUT2D eigenvalue weighted by atomic mass is 9.84. The van der Waals surface area contributed by atoms with Crippen LogP contribution in [0.15, 0.2) is 60.7 Å². The molecule has 1 N–H and O–H groups in total. The van der Waals surface area contributed by atoms with Crippen LogP contribution in [-0.4, -0.2) is 5.91 Å². The van der Waals surface area contributed by atoms with Gasteiger partial charge in [0.25, 0.3) is 0 Å². The van der Waals surface area contributed by atoms with E-state index in [9.17, 15) is 4.79 Å². The van der Waals surface area contributed by atoms with Gasteiger partial charge in [0, 0.05) is 5.41 Å². The van der Waals surface area contributed by atoms with Crippen molar-refractivity contribution in [1.29, 1.82) is 0 Å². The van der Waals surface area contributed by atoms with Crippen molar-refractivity contribution >= 4 is 5.91 Å². The largest absolute Gasteiger partial charge is 0.349 e. The molecule has 0 fully saturated rings. The van der Waals surface area contributed by atoms with Crippen LogP contribution in [-0.2, 0) is 11.2 Å². The number of benzene rings is 2. The Bertz CT molecular complexity index is 575. The minimum Gasteiger partial charge on any atom is -0.349 e. The highest BCUT2D eigenvalue weighted by molar-refractivity contribution is 5.82. The number of hydrogen-bond donors (Lipinski definition) is 1. The lowest BCUT2D eigenvalue weighted by Crippen LogP contribution is -2.39. The van der Waals surface area contributed by atoms with E-state index in [-0.39, 0.29) is 11.9 Å². The number of rotatable bonds is 5. The topological polar surface area (TPSA) is 29.1 Å². The predicted octanol–water partition coefficient (Wildman–Crippen LogP) is 4.13. The van der Waals surface area contributed by atoms with Crippen LogP contribution in [0.1, 0.15) is 37.9 Å². The van der Waals surface area contributed by atoms with Crippen molar-refractivity contribution in [2.75, 3.05) is 0 Å². The van der Waals surface area contributed by atoms with Gasteiger partial charge in [-0.2, -0.15) is 0 Å². The van der Waals surface area contributed by atoms with Crippen molar-refractivity contribution in [2.45, 2.75) is 33.2 Å². The molecule has 1 atom stereocenters. The molecule has 1 amide bonds. The van der Waals surface area contributed by atoms with E-state index in [1.54, 1.807) is 0 Å². The Kier molecular flexibility index (Phi) is 4.79. The minimum absolute atomic E-state index is 0.0220. The summed E-state index contributed by atoms with van der Waals surface area (Å²) in [5.41, 5.74) is 1.89. The van der Waals surface area contributed by atoms with E-state index in [1.807, 2.05) is 69.3 Å². The first-order chi connectivity index (χ1) is 9.99. The molecule has 2 nitrogen and oxygen atoms in total. The van der Waals surface area contributed by atoms with E-state index in [1.165, 1.54) is 5.56 Å². The van der Waals surface area contributed by atoms with Gasteiger partial charge in [0.15, 0.2) is 0 Å². The summed E-state index contributed by atoms with van der Waals surface area (Å²) < 4.78 is 0. The van der Waals surface area contributed by atoms with Gasteiger partial charge in [0.1, 0.15) is 0 Å². The summed E-state index contributed by atoms with van der Waals surface area (Å²) in [6, 6.07) is 20.2. The molecule has 2 aromatic carbocycles. The molecule has 0 aliphatic heterocycles. The van der Waals surface area contributed by atoms with Crippen LogP contribution in [0, 0.1) is 5.41 Å². The van der Waals surface area contributed by atoms with Crippen molar-refractivity contribution in [3.05, 3.63) is 71.8 Å². The molecule has 0 aliphatic rings. The molecule has 2 aromatic rings. The Hall–Kier alpha value is -2.09. The van der Waals surface area contributed by atoms with E-state index >= 15 is 0 Å². The average Bonchev–Trinajstić information content (AvgIpc) is 2.48. The number of carbonyl (C=O) groups excluding carboxylic acids is 1. The predicted molar refractivity (Wildman–Crippen MR) is 86.9 cm³/mol. The van der Waals surface area contributed by atoms with Gasteiger partial charge >= 0.3 is 0 Å². The van der Waals surface area contributed by atoms with Gasteiger partial charge in [-0.05, 0) is 24.5 Å². The molecule has 0 spiro atoms. The first kappa shape index (κ1) is 15.3. The average molecular weight is 281 g/mol. The summed E-state index contributed by atoms with van der Waals surface area (Å²) in [7, 11) is 0. The fraction of sp³-hybridized carbons (Fsp3) is 0.316. The Morgan fingerprint density at radius 1 is 1.00 bits per heavy atom. The van der Waals surface area contributed by atoms with Crippen LogP contribution >= 0.6 is 0 Å². The molecule has 0 saturated heterocycles. The molecule has 2 rings (SSSR count). The van der Waals surface area contributed by atoms with Gasteiger partial charge in [-0.1, -0.05) is 74.5 Å². The molecule has 0 bridgehead atoms. The summed E-state index contributed by atoms with van der Waals surface area (Å²) in [6.07, 6.45) is 0.737. The van der Waals surface area contributed by atoms with Gasteiger partial charge in [-0.25, -0.2) is 0 Å². The minimum atomic E-state index is -0.426. The zero-order valence-corrected chi connectivity index (χ0v) is 13.0. The van der Waals surface area contributed by atoms with Crippen LogP contribution in [0.2, 0.25) is 0 Å². The molecular weight excluding hydrogens is 258 g/mol. The van der Waals surface area contributed by atoms with Crippen LogP contribution in [0.5, 0.6) is 0 Å². The maximum absolute atomic E-state index is 12.5. The van der Waals surface area contributed by atoms with Crippen molar-refractivity contribution in [2.24, 2.45) is 5.41 Å². The quantitative estimate of drug-likeness (QED) is 0.877. The van der Waals surface area contributed by atoms with E-state index in [0.717, 1.165) is 12.0 Å². The molecule has 1 unspecified atom stereocenters. The standard InChI is InChI=1S/C19H23NO/c1-15(17-12-8-5-9-13-17)20-18(21)19(2,3)14-16-10-6-4-7-11-16/h4-13,15H,14H2,1-3H3,(H,20,21). The molecular formula is C19H23NO. The molecule has 2 heteroatoms. The third kappa shape index (κ3) is 4.19. The molecule has 0 radical (unpaired) electrons. The van der Waals surface area contributed by atoms with Gasteiger partial charge in [0.05, 0.1) is 6.04 Å². The third-order valence-electron chi connectivity index (χ3n) is 3.75. The molecule has 21 heavy (non-hydrogen) atoms. The first-order valence-electron chi connectivity index (χ1n) is 7.39. The fourth-order valence-electron chi connectivity index (χ4n) is 2.40. The molecule has 0 aromatic heterocycles. The third-order valence-corrected chi connectivity index (χ3v) is 3.75. The van der Waals surface area contributed by atoms with E-state index in [0.29, 0.717) is 0 Å². The Labute approximate surface area is 127 Å². The smallest absolute Gasteiger partial charge is 0.226 e. The Morgan fingerprint density at radius 2 is 1.52 bits per heavy atom. The molecule has 0 saturated carbocycles. The number of amides is 1. The first-order valence-corrected chi connectivity index (χ1v) is 7.39. The van der Waals surface area contributed by atoms with E-state index < -0.39 is 5.41 Å². The van der Waals surface area contributed by atoms with Crippen LogP contribution in [0.3, 0.4) is 0 Å². The SMILES string of the molecule is CC(NC(=O)C(C)(C)Cc1ccccc1)c1ccccc1. The summed E-state index contributed by atoms with van der Waals surface area (Å²) in [5.74, 6) is 0.0858. The second kappa shape index (κ2) is 6.57. The number of hydrogen-bond acceptors (Lipinski definition) is 1. The Morgan fingerprint density at radius 3 is 2.10 bits per heavy atom. The second-order valence-corrected chi connectivity index (χ2v) is 6.15. The maximum atomic E-state index is 12.5. The van der Waals surface area contributed by atoms with Crippen LogP contribution in [0.25, 0.3) is 0 Å². The number of carbonyl (C=O) groups is 1. The van der Waals surface area contributed by atoms with Gasteiger partial charge in [-0.3, -0.25) is 4.79 Å². The van der Waals surface area contributed by atoms with Gasteiger partial charge in [-0.15, -0.1) is 0 Å². The van der Waals surface area contributed by atoms with Crippen molar-refractivity contribution in [3.8, 4) is 0 Å². The van der Waals surface area contributed by atoms with Crippen molar-refractivity contribution < 1.29 is 4.79 Å². The Balaban J connectivity index is 2.01. The second-order valence-electron chi connectivity index (χ2n) is 6.15. The summed E-state index contributed by atoms with van der Waals surface area (Å²) in [6.45, 7) is 6.01. The summed E-state index contributed by atoms with van der Waals surface area (Å²) in [4.78, 5) is 12.5. The maximum Gasteiger partial charge on any atom is 0.226 e. The van der Waals surface area contributed by atoms with E-state index in [4.69, 9.17) is 0 Å². The highest BCUT2D eigenvalue weighted by atomic mass is 16.2. The van der Waals surface area contributed by atoms with Gasteiger partial charge < -0.3 is 5.32 Å². The normalized spacial score (nSPS) is 12.7. The summed E-state index contributed by atoms with van der Waals surface area (Å²) in [5, 5.41) is 3.12. The van der Waals surface area contributed by atoms with Crippen LogP contribution < -0.4 is 5.32 Å². The highest BCUT2D eigenvalue weighted by Gasteiger charge is 2.28. The van der Waals surface area contributed by atoms with Crippen LogP contribution in [0.4, 0.5) is 0 Å². The van der Waals surface area contributed by atoms with Gasteiger partial charge in [0.2, 0.25) is 5.91 Å². The molecule has 110 valence electrons. The monoisotopic (exact) mass is 281 g/mol. The van der Waals surface area contributed by atoms with Crippen molar-refractivity contribution in [1.82, 2.24) is 5.32 Å². The zero-order valence-electron chi connectivity index (χ0n) is 13.0. The van der Waals surface area contributed by atoms with Crippen molar-refractivity contribution in [3.63, 3.8) is 0 Å². The molecule has 0 heterocycles. The number of nitrogens with one attached hydrogen (secondary N) is 1. The molecule has 0 aliphatic carbocycles. The lowest BCUT2D eigenvalue weighted by Gasteiger charge is -2.26. The fourth-order valence-corrected chi connectivity index (χ4v) is 2.40. The van der Waals surface area contributed by atoms with E-state index in [2.05, 4.69) is 17.4 Å².